The molecule has 0 spiro atoms. The van der Waals surface area contributed by atoms with Crippen LogP contribution in [-0.2, 0) is 4.74 Å². The largest absolute Gasteiger partial charge is 0.441 e. The predicted molar refractivity (Wildman–Crippen MR) is 66.3 cm³/mol. The van der Waals surface area contributed by atoms with Gasteiger partial charge in [0.1, 0.15) is 0 Å². The summed E-state index contributed by atoms with van der Waals surface area (Å²) in [5, 5.41) is 3.21. The van der Waals surface area contributed by atoms with Crippen molar-refractivity contribution in [3.63, 3.8) is 0 Å². The van der Waals surface area contributed by atoms with Gasteiger partial charge in [0.05, 0.1) is 6.61 Å². The molecule has 1 unspecified atom stereocenters. The van der Waals surface area contributed by atoms with E-state index in [1.807, 2.05) is 13.8 Å². The van der Waals surface area contributed by atoms with E-state index in [9.17, 15) is 13.2 Å². The van der Waals surface area contributed by atoms with Crippen LogP contribution in [0.1, 0.15) is 26.7 Å². The van der Waals surface area contributed by atoms with E-state index in [0.717, 1.165) is 19.5 Å². The Kier molecular flexibility index (Phi) is 8.24. The van der Waals surface area contributed by atoms with Gasteiger partial charge in [-0.3, -0.25) is 0 Å². The van der Waals surface area contributed by atoms with Gasteiger partial charge in [-0.05, 0) is 18.3 Å². The molecule has 0 aromatic carbocycles. The lowest BCUT2D eigenvalue weighted by Gasteiger charge is -2.28. The quantitative estimate of drug-likeness (QED) is 0.651. The van der Waals surface area contributed by atoms with Gasteiger partial charge in [-0.25, -0.2) is 0 Å². The Morgan fingerprint density at radius 2 is 1.94 bits per heavy atom. The Morgan fingerprint density at radius 1 is 1.29 bits per heavy atom. The van der Waals surface area contributed by atoms with E-state index >= 15 is 0 Å². The molecule has 0 aliphatic rings. The molecular weight excluding hydrogens is 251 g/mol. The number of hydrogen-bond acceptors (Lipinski definition) is 3. The van der Waals surface area contributed by atoms with E-state index in [1.165, 1.54) is 0 Å². The Labute approximate surface area is 106 Å². The van der Waals surface area contributed by atoms with Gasteiger partial charge < -0.3 is 10.1 Å². The minimum atomic E-state index is -4.11. The van der Waals surface area contributed by atoms with E-state index in [1.54, 1.807) is 7.11 Å². The molecular formula is C11H22F3NOS. The van der Waals surface area contributed by atoms with Crippen molar-refractivity contribution in [3.05, 3.63) is 0 Å². The second-order valence-corrected chi connectivity index (χ2v) is 5.54. The van der Waals surface area contributed by atoms with Gasteiger partial charge in [-0.15, -0.1) is 0 Å². The van der Waals surface area contributed by atoms with Crippen LogP contribution >= 0.6 is 11.8 Å². The predicted octanol–water partition coefficient (Wildman–Crippen LogP) is 3.28. The molecule has 2 nitrogen and oxygen atoms in total. The van der Waals surface area contributed by atoms with Crippen LogP contribution in [0.25, 0.3) is 0 Å². The number of ether oxygens (including phenoxy) is 1. The summed E-state index contributed by atoms with van der Waals surface area (Å²) in [6.07, 6.45) is 1.43. The number of halogens is 3. The Morgan fingerprint density at radius 3 is 2.41 bits per heavy atom. The number of hydrogen-bond donors (Lipinski definition) is 1. The fourth-order valence-electron chi connectivity index (χ4n) is 1.37. The van der Waals surface area contributed by atoms with Crippen LogP contribution in [0.4, 0.5) is 13.2 Å². The Bertz CT molecular complexity index is 202. The number of rotatable bonds is 9. The fourth-order valence-corrected chi connectivity index (χ4v) is 2.19. The average Bonchev–Trinajstić information content (AvgIpc) is 2.23. The molecule has 0 heterocycles. The van der Waals surface area contributed by atoms with Gasteiger partial charge in [0.2, 0.25) is 0 Å². The summed E-state index contributed by atoms with van der Waals surface area (Å²) in [5.74, 6) is 0.125. The van der Waals surface area contributed by atoms with Crippen LogP contribution in [0.5, 0.6) is 0 Å². The van der Waals surface area contributed by atoms with Crippen molar-refractivity contribution >= 4 is 11.8 Å². The Balaban J connectivity index is 3.84. The molecule has 1 atom stereocenters. The molecule has 0 aliphatic carbocycles. The molecule has 0 amide bonds. The highest BCUT2D eigenvalue weighted by Gasteiger charge is 2.30. The minimum absolute atomic E-state index is 0.0671. The van der Waals surface area contributed by atoms with Gasteiger partial charge in [-0.2, -0.15) is 13.2 Å². The first-order valence-electron chi connectivity index (χ1n) is 5.73. The minimum Gasteiger partial charge on any atom is -0.383 e. The van der Waals surface area contributed by atoms with Crippen LogP contribution in [0.2, 0.25) is 0 Å². The summed E-state index contributed by atoms with van der Waals surface area (Å²) in [4.78, 5) is 0. The lowest BCUT2D eigenvalue weighted by Crippen LogP contribution is -2.34. The SMILES string of the molecule is CCC(C)(CCSC(F)(F)F)CNCCOC. The number of methoxy groups -OCH3 is 1. The third-order valence-corrected chi connectivity index (χ3v) is 3.60. The standard InChI is InChI=1S/C11H22F3NOS/c1-4-10(2,9-15-6-7-16-3)5-8-17-11(12,13)14/h15H,4-9H2,1-3H3. The third-order valence-electron chi connectivity index (χ3n) is 2.86. The normalized spacial score (nSPS) is 15.9. The van der Waals surface area contributed by atoms with Gasteiger partial charge in [-0.1, -0.05) is 25.6 Å². The van der Waals surface area contributed by atoms with Crippen LogP contribution in [-0.4, -0.2) is 38.1 Å². The molecule has 0 saturated carbocycles. The van der Waals surface area contributed by atoms with E-state index in [2.05, 4.69) is 5.32 Å². The molecule has 0 fully saturated rings. The maximum Gasteiger partial charge on any atom is 0.441 e. The van der Waals surface area contributed by atoms with Gasteiger partial charge in [0, 0.05) is 26.0 Å². The summed E-state index contributed by atoms with van der Waals surface area (Å²) in [5.41, 5.74) is -4.19. The number of thioether (sulfide) groups is 1. The molecule has 0 radical (unpaired) electrons. The molecule has 0 saturated heterocycles. The van der Waals surface area contributed by atoms with Crippen LogP contribution in [0.3, 0.4) is 0 Å². The van der Waals surface area contributed by atoms with Crippen molar-refractivity contribution < 1.29 is 17.9 Å². The summed E-state index contributed by atoms with van der Waals surface area (Å²) >= 11 is 0.0671. The second-order valence-electron chi connectivity index (χ2n) is 4.38. The molecule has 17 heavy (non-hydrogen) atoms. The van der Waals surface area contributed by atoms with Crippen molar-refractivity contribution in [2.24, 2.45) is 5.41 Å². The highest BCUT2D eigenvalue weighted by atomic mass is 32.2. The van der Waals surface area contributed by atoms with Crippen molar-refractivity contribution in [1.82, 2.24) is 5.32 Å². The van der Waals surface area contributed by atoms with Crippen LogP contribution < -0.4 is 5.32 Å². The monoisotopic (exact) mass is 273 g/mol. The number of alkyl halides is 3. The molecule has 0 rings (SSSR count). The maximum atomic E-state index is 12.0. The zero-order valence-electron chi connectivity index (χ0n) is 10.7. The van der Waals surface area contributed by atoms with Crippen LogP contribution in [0, 0.1) is 5.41 Å². The summed E-state index contributed by atoms with van der Waals surface area (Å²) < 4.78 is 41.0. The summed E-state index contributed by atoms with van der Waals surface area (Å²) in [7, 11) is 1.63. The smallest absolute Gasteiger partial charge is 0.383 e. The molecule has 0 aliphatic heterocycles. The van der Waals surface area contributed by atoms with Crippen LogP contribution in [0.15, 0.2) is 0 Å². The summed E-state index contributed by atoms with van der Waals surface area (Å²) in [6, 6.07) is 0. The topological polar surface area (TPSA) is 21.3 Å². The van der Waals surface area contributed by atoms with Crippen molar-refractivity contribution in [2.75, 3.05) is 32.6 Å². The van der Waals surface area contributed by atoms with Gasteiger partial charge >= 0.3 is 5.51 Å². The molecule has 1 N–H and O–H groups in total. The lowest BCUT2D eigenvalue weighted by atomic mass is 9.84. The van der Waals surface area contributed by atoms with E-state index < -0.39 is 5.51 Å². The fraction of sp³-hybridized carbons (Fsp3) is 1.00. The first-order chi connectivity index (χ1) is 7.83. The van der Waals surface area contributed by atoms with Gasteiger partial charge in [0.15, 0.2) is 0 Å². The molecule has 0 aromatic heterocycles. The highest BCUT2D eigenvalue weighted by Crippen LogP contribution is 2.34. The van der Waals surface area contributed by atoms with Gasteiger partial charge in [0.25, 0.3) is 0 Å². The van der Waals surface area contributed by atoms with Crippen molar-refractivity contribution in [1.29, 1.82) is 0 Å². The highest BCUT2D eigenvalue weighted by molar-refractivity contribution is 8.00. The molecule has 6 heteroatoms. The van der Waals surface area contributed by atoms with E-state index in [0.29, 0.717) is 13.0 Å². The van der Waals surface area contributed by atoms with E-state index in [4.69, 9.17) is 4.74 Å². The lowest BCUT2D eigenvalue weighted by molar-refractivity contribution is -0.0329. The zero-order chi connectivity index (χ0) is 13.4. The average molecular weight is 273 g/mol. The molecule has 104 valence electrons. The first kappa shape index (κ1) is 17.1. The molecule has 0 bridgehead atoms. The van der Waals surface area contributed by atoms with Crippen molar-refractivity contribution in [2.45, 2.75) is 32.2 Å². The van der Waals surface area contributed by atoms with Crippen molar-refractivity contribution in [3.8, 4) is 0 Å². The summed E-state index contributed by atoms with van der Waals surface area (Å²) in [6.45, 7) is 6.11. The second kappa shape index (κ2) is 8.21. The first-order valence-corrected chi connectivity index (χ1v) is 6.72. The Hall–Kier alpha value is 0.0600. The maximum absolute atomic E-state index is 12.0. The number of nitrogens with one attached hydrogen (secondary N) is 1. The third kappa shape index (κ3) is 9.73. The zero-order valence-corrected chi connectivity index (χ0v) is 11.5. The molecule has 0 aromatic rings. The van der Waals surface area contributed by atoms with E-state index in [-0.39, 0.29) is 22.9 Å².